The van der Waals surface area contributed by atoms with Gasteiger partial charge in [0.05, 0.1) is 40.6 Å². The third-order valence-corrected chi connectivity index (χ3v) is 11.0. The van der Waals surface area contributed by atoms with Crippen LogP contribution in [0.4, 0.5) is 15.9 Å². The minimum absolute atomic E-state index is 0.0402. The molecule has 0 aliphatic carbocycles. The molecule has 9 nitrogen and oxygen atoms in total. The van der Waals surface area contributed by atoms with Gasteiger partial charge in [-0.05, 0) is 73.6 Å². The Morgan fingerprint density at radius 3 is 2.56 bits per heavy atom. The molecule has 1 aliphatic rings. The number of likely N-dealkylation sites (N-methyl/N-ethyl adjacent to an activating group) is 1. The highest BCUT2D eigenvalue weighted by molar-refractivity contribution is 7.91. The second kappa shape index (κ2) is 15.0. The lowest BCUT2D eigenvalue weighted by molar-refractivity contribution is -0.0411. The van der Waals surface area contributed by atoms with Crippen LogP contribution in [0.25, 0.3) is 10.9 Å². The van der Waals surface area contributed by atoms with E-state index in [0.717, 1.165) is 10.9 Å². The predicted molar refractivity (Wildman–Crippen MR) is 193 cm³/mol. The Morgan fingerprint density at radius 1 is 1.04 bits per heavy atom. The zero-order chi connectivity index (χ0) is 35.3. The van der Waals surface area contributed by atoms with Gasteiger partial charge in [0, 0.05) is 35.7 Å². The van der Waals surface area contributed by atoms with Crippen LogP contribution < -0.4 is 14.8 Å². The van der Waals surface area contributed by atoms with Crippen molar-refractivity contribution in [3.05, 3.63) is 126 Å². The van der Waals surface area contributed by atoms with Gasteiger partial charge in [0.15, 0.2) is 15.4 Å². The third-order valence-electron chi connectivity index (χ3n) is 8.96. The number of hydrogen-bond donors (Lipinski definition) is 1. The second-order valence-corrected chi connectivity index (χ2v) is 14.6. The first-order valence-corrected chi connectivity index (χ1v) is 18.2. The van der Waals surface area contributed by atoms with Crippen molar-refractivity contribution in [1.29, 1.82) is 0 Å². The molecule has 1 aliphatic heterocycles. The van der Waals surface area contributed by atoms with E-state index < -0.39 is 15.4 Å². The van der Waals surface area contributed by atoms with E-state index in [-0.39, 0.29) is 24.2 Å². The van der Waals surface area contributed by atoms with E-state index in [1.807, 2.05) is 31.3 Å². The summed E-state index contributed by atoms with van der Waals surface area (Å²) in [6, 6.07) is 23.7. The van der Waals surface area contributed by atoms with Crippen molar-refractivity contribution in [1.82, 2.24) is 14.9 Å². The molecule has 12 heteroatoms. The highest BCUT2D eigenvalue weighted by Gasteiger charge is 2.47. The smallest absolute Gasteiger partial charge is 0.179 e. The van der Waals surface area contributed by atoms with Crippen LogP contribution in [0.1, 0.15) is 30.9 Å². The van der Waals surface area contributed by atoms with Crippen LogP contribution in [-0.2, 0) is 26.8 Å². The summed E-state index contributed by atoms with van der Waals surface area (Å²) >= 11 is 6.60. The van der Waals surface area contributed by atoms with Crippen molar-refractivity contribution in [2.75, 3.05) is 31.8 Å². The lowest BCUT2D eigenvalue weighted by Crippen LogP contribution is -2.50. The molecule has 4 aromatic carbocycles. The molecule has 0 bridgehead atoms. The van der Waals surface area contributed by atoms with E-state index in [0.29, 0.717) is 63.4 Å². The molecule has 0 radical (unpaired) electrons. The lowest BCUT2D eigenvalue weighted by Gasteiger charge is -2.42. The minimum Gasteiger partial charge on any atom is -0.496 e. The van der Waals surface area contributed by atoms with E-state index in [1.165, 1.54) is 18.5 Å². The third kappa shape index (κ3) is 7.40. The van der Waals surface area contributed by atoms with Crippen LogP contribution >= 0.6 is 11.6 Å². The highest BCUT2D eigenvalue weighted by Crippen LogP contribution is 2.47. The van der Waals surface area contributed by atoms with Gasteiger partial charge < -0.3 is 19.5 Å². The van der Waals surface area contributed by atoms with Crippen LogP contribution in [0.2, 0.25) is 5.02 Å². The number of rotatable bonds is 14. The monoisotopic (exact) mass is 716 g/mol. The molecule has 5 aromatic rings. The number of anilines is 2. The van der Waals surface area contributed by atoms with E-state index >= 15 is 0 Å². The number of nitrogens with zero attached hydrogens (tertiary/aromatic N) is 3. The van der Waals surface area contributed by atoms with Crippen molar-refractivity contribution < 1.29 is 27.0 Å². The Balaban J connectivity index is 1.28. The molecule has 2 heterocycles. The van der Waals surface area contributed by atoms with Crippen LogP contribution in [-0.4, -0.2) is 55.8 Å². The van der Waals surface area contributed by atoms with Crippen LogP contribution in [0.5, 0.6) is 11.5 Å². The fourth-order valence-electron chi connectivity index (χ4n) is 6.47. The summed E-state index contributed by atoms with van der Waals surface area (Å²) in [7, 11) is 0.0526. The van der Waals surface area contributed by atoms with Gasteiger partial charge in [-0.2, -0.15) is 0 Å². The van der Waals surface area contributed by atoms with Gasteiger partial charge in [0.25, 0.3) is 0 Å². The Bertz CT molecular complexity index is 2110. The standard InChI is InChI=1S/C38H38ClFN4O5S/c1-4-36(44(2)17-19-50(45,46)29-12-6-5-7-13-29)38(16-9-18-49-38)31-22-30-33(23-35(31)47-3)41-25-42-37(30)43-28-14-15-34(32(39)21-28)48-24-26-10-8-11-27(40)20-26/h5-15,18,20-23,25,36H,4,16-17,19,24H2,1-3H3,(H,41,42,43). The Hall–Kier alpha value is -4.71. The molecule has 0 saturated heterocycles. The number of sulfone groups is 1. The van der Waals surface area contributed by atoms with Gasteiger partial charge in [-0.1, -0.05) is 48.9 Å². The van der Waals surface area contributed by atoms with Crippen LogP contribution in [0.3, 0.4) is 0 Å². The molecule has 1 N–H and O–H groups in total. The Labute approximate surface area is 296 Å². The number of ether oxygens (including phenoxy) is 3. The van der Waals surface area contributed by atoms with Gasteiger partial charge >= 0.3 is 0 Å². The highest BCUT2D eigenvalue weighted by atomic mass is 35.5. The average Bonchev–Trinajstić information content (AvgIpc) is 3.61. The molecular formula is C38H38ClFN4O5S. The molecule has 2 atom stereocenters. The van der Waals surface area contributed by atoms with Gasteiger partial charge in [0.1, 0.15) is 36.1 Å². The fraction of sp³-hybridized carbons (Fsp3) is 0.263. The van der Waals surface area contributed by atoms with E-state index in [9.17, 15) is 12.8 Å². The zero-order valence-corrected chi connectivity index (χ0v) is 29.5. The van der Waals surface area contributed by atoms with Gasteiger partial charge in [-0.3, -0.25) is 4.90 Å². The number of halogens is 2. The number of methoxy groups -OCH3 is 1. The van der Waals surface area contributed by atoms with Crippen molar-refractivity contribution in [2.24, 2.45) is 0 Å². The number of fused-ring (bicyclic) bond motifs is 1. The molecule has 2 unspecified atom stereocenters. The molecule has 0 amide bonds. The maximum absolute atomic E-state index is 13.6. The first kappa shape index (κ1) is 35.1. The quantitative estimate of drug-likeness (QED) is 0.122. The molecule has 0 spiro atoms. The summed E-state index contributed by atoms with van der Waals surface area (Å²) in [4.78, 5) is 11.4. The maximum Gasteiger partial charge on any atom is 0.179 e. The van der Waals surface area contributed by atoms with Gasteiger partial charge in [-0.15, -0.1) is 0 Å². The van der Waals surface area contributed by atoms with Crippen LogP contribution in [0.15, 0.2) is 108 Å². The molecule has 260 valence electrons. The molecule has 50 heavy (non-hydrogen) atoms. The van der Waals surface area contributed by atoms with E-state index in [4.69, 9.17) is 25.8 Å². The van der Waals surface area contributed by atoms with Gasteiger partial charge in [0.2, 0.25) is 0 Å². The normalized spacial score (nSPS) is 16.4. The summed E-state index contributed by atoms with van der Waals surface area (Å²) in [5.74, 6) is 1.22. The molecular weight excluding hydrogens is 679 g/mol. The van der Waals surface area contributed by atoms with E-state index in [1.54, 1.807) is 68.0 Å². The Kier molecular flexibility index (Phi) is 10.6. The molecule has 1 aromatic heterocycles. The Morgan fingerprint density at radius 2 is 1.86 bits per heavy atom. The summed E-state index contributed by atoms with van der Waals surface area (Å²) < 4.78 is 58.2. The summed E-state index contributed by atoms with van der Waals surface area (Å²) in [5.41, 5.74) is 1.93. The number of nitrogens with one attached hydrogen (secondary N) is 1. The first-order chi connectivity index (χ1) is 24.1. The largest absolute Gasteiger partial charge is 0.496 e. The number of aromatic nitrogens is 2. The van der Waals surface area contributed by atoms with Gasteiger partial charge in [-0.25, -0.2) is 22.8 Å². The summed E-state index contributed by atoms with van der Waals surface area (Å²) in [5, 5.41) is 4.47. The van der Waals surface area contributed by atoms with E-state index in [2.05, 4.69) is 27.1 Å². The van der Waals surface area contributed by atoms with Crippen LogP contribution in [0, 0.1) is 5.82 Å². The average molecular weight is 717 g/mol. The minimum atomic E-state index is -3.48. The molecule has 0 saturated carbocycles. The summed E-state index contributed by atoms with van der Waals surface area (Å²) in [6.07, 6.45) is 6.36. The van der Waals surface area contributed by atoms with Crippen molar-refractivity contribution >= 4 is 43.8 Å². The molecule has 6 rings (SSSR count). The fourth-order valence-corrected chi connectivity index (χ4v) is 8.05. The van der Waals surface area contributed by atoms with Crippen molar-refractivity contribution in [3.8, 4) is 11.5 Å². The number of benzene rings is 4. The second-order valence-electron chi connectivity index (χ2n) is 12.1. The maximum atomic E-state index is 13.6. The molecule has 0 fully saturated rings. The summed E-state index contributed by atoms with van der Waals surface area (Å²) in [6.45, 7) is 2.53. The zero-order valence-electron chi connectivity index (χ0n) is 28.0. The first-order valence-electron chi connectivity index (χ1n) is 16.2. The number of hydrogen-bond acceptors (Lipinski definition) is 9. The topological polar surface area (TPSA) is 103 Å². The SMILES string of the molecule is CCC(N(C)CCS(=O)(=O)c1ccccc1)C1(c2cc3c(Nc4ccc(OCc5cccc(F)c5)c(Cl)c4)ncnc3cc2OC)CC=CO1. The van der Waals surface area contributed by atoms with Crippen molar-refractivity contribution in [3.63, 3.8) is 0 Å². The lowest BCUT2D eigenvalue weighted by atomic mass is 9.80. The predicted octanol–water partition coefficient (Wildman–Crippen LogP) is 8.07. The van der Waals surface area contributed by atoms with Crippen molar-refractivity contribution in [2.45, 2.75) is 42.9 Å².